The Kier molecular flexibility index (Phi) is 4.26. The first kappa shape index (κ1) is 16.5. The van der Waals surface area contributed by atoms with Crippen molar-refractivity contribution < 1.29 is 9.26 Å². The third-order valence-electron chi connectivity index (χ3n) is 4.05. The van der Waals surface area contributed by atoms with Crippen molar-refractivity contribution in [1.29, 1.82) is 0 Å². The first-order chi connectivity index (χ1) is 12.7. The second-order valence-electron chi connectivity index (χ2n) is 5.74. The van der Waals surface area contributed by atoms with Gasteiger partial charge in [0, 0.05) is 18.6 Å². The number of methoxy groups -OCH3 is 1. The molecule has 0 saturated carbocycles. The van der Waals surface area contributed by atoms with Gasteiger partial charge in [0.2, 0.25) is 5.89 Å². The molecule has 0 unspecified atom stereocenters. The number of hydrogen-bond donors (Lipinski definition) is 0. The summed E-state index contributed by atoms with van der Waals surface area (Å²) in [6, 6.07) is 7.72. The zero-order chi connectivity index (χ0) is 18.1. The SMILES string of the molecule is COc1ccccc1-c1ncc(-c2nccn2[C@H](C)c2nc(C)no2)s1. The van der Waals surface area contributed by atoms with Gasteiger partial charge in [-0.05, 0) is 26.0 Å². The highest BCUT2D eigenvalue weighted by Crippen LogP contribution is 2.36. The Morgan fingerprint density at radius 3 is 2.85 bits per heavy atom. The zero-order valence-corrected chi connectivity index (χ0v) is 15.4. The van der Waals surface area contributed by atoms with Crippen LogP contribution in [0.4, 0.5) is 0 Å². The fourth-order valence-corrected chi connectivity index (χ4v) is 3.69. The topological polar surface area (TPSA) is 78.9 Å². The number of benzene rings is 1. The van der Waals surface area contributed by atoms with E-state index >= 15 is 0 Å². The van der Waals surface area contributed by atoms with Gasteiger partial charge in [-0.2, -0.15) is 4.98 Å². The van der Waals surface area contributed by atoms with Crippen LogP contribution < -0.4 is 4.74 Å². The summed E-state index contributed by atoms with van der Waals surface area (Å²) >= 11 is 1.56. The van der Waals surface area contributed by atoms with Gasteiger partial charge in [0.15, 0.2) is 11.6 Å². The number of ether oxygens (including phenoxy) is 1. The molecule has 0 bridgehead atoms. The van der Waals surface area contributed by atoms with Crippen LogP contribution in [-0.4, -0.2) is 31.8 Å². The van der Waals surface area contributed by atoms with Gasteiger partial charge in [0.05, 0.1) is 17.6 Å². The van der Waals surface area contributed by atoms with E-state index in [-0.39, 0.29) is 6.04 Å². The molecule has 0 aliphatic heterocycles. The van der Waals surface area contributed by atoms with Crippen LogP contribution in [0.1, 0.15) is 24.7 Å². The van der Waals surface area contributed by atoms with E-state index in [9.17, 15) is 0 Å². The predicted octanol–water partition coefficient (Wildman–Crippen LogP) is 3.98. The van der Waals surface area contributed by atoms with E-state index in [2.05, 4.69) is 20.1 Å². The van der Waals surface area contributed by atoms with Crippen molar-refractivity contribution in [3.63, 3.8) is 0 Å². The van der Waals surface area contributed by atoms with Crippen molar-refractivity contribution in [2.24, 2.45) is 0 Å². The molecular weight excluding hydrogens is 350 g/mol. The number of hydrogen-bond acceptors (Lipinski definition) is 7. The Balaban J connectivity index is 1.70. The number of para-hydroxylation sites is 1. The molecule has 0 amide bonds. The van der Waals surface area contributed by atoms with Gasteiger partial charge in [-0.3, -0.25) is 0 Å². The van der Waals surface area contributed by atoms with Crippen LogP contribution in [0.25, 0.3) is 21.3 Å². The van der Waals surface area contributed by atoms with E-state index in [0.717, 1.165) is 27.0 Å². The number of nitrogens with zero attached hydrogens (tertiary/aromatic N) is 5. The molecule has 132 valence electrons. The molecule has 0 fully saturated rings. The number of aryl methyl sites for hydroxylation is 1. The highest BCUT2D eigenvalue weighted by Gasteiger charge is 2.20. The average molecular weight is 367 g/mol. The summed E-state index contributed by atoms with van der Waals surface area (Å²) in [5, 5.41) is 4.75. The van der Waals surface area contributed by atoms with E-state index in [1.54, 1.807) is 31.6 Å². The molecule has 7 nitrogen and oxygen atoms in total. The van der Waals surface area contributed by atoms with Gasteiger partial charge in [-0.15, -0.1) is 11.3 Å². The lowest BCUT2D eigenvalue weighted by atomic mass is 10.2. The number of thiazole rings is 1. The summed E-state index contributed by atoms with van der Waals surface area (Å²) in [5.74, 6) is 2.78. The summed E-state index contributed by atoms with van der Waals surface area (Å²) in [4.78, 5) is 14.3. The molecule has 3 aromatic heterocycles. The van der Waals surface area contributed by atoms with Gasteiger partial charge >= 0.3 is 0 Å². The Labute approximate surface area is 154 Å². The standard InChI is InChI=1S/C18H17N5O2S/c1-11(17-21-12(2)22-25-17)23-9-8-19-16(23)15-10-20-18(26-15)13-6-4-5-7-14(13)24-3/h4-11H,1-3H3/t11-/m1/s1. The number of rotatable bonds is 5. The lowest BCUT2D eigenvalue weighted by Crippen LogP contribution is -2.07. The first-order valence-corrected chi connectivity index (χ1v) is 8.91. The molecule has 8 heteroatoms. The highest BCUT2D eigenvalue weighted by atomic mass is 32.1. The Bertz CT molecular complexity index is 1040. The molecule has 26 heavy (non-hydrogen) atoms. The normalized spacial score (nSPS) is 12.3. The molecule has 0 aliphatic rings. The second-order valence-corrected chi connectivity index (χ2v) is 6.77. The fourth-order valence-electron chi connectivity index (χ4n) is 2.74. The Hall–Kier alpha value is -3.00. The highest BCUT2D eigenvalue weighted by molar-refractivity contribution is 7.18. The lowest BCUT2D eigenvalue weighted by Gasteiger charge is -2.11. The van der Waals surface area contributed by atoms with Gasteiger partial charge in [0.25, 0.3) is 0 Å². The van der Waals surface area contributed by atoms with E-state index in [0.29, 0.717) is 11.7 Å². The third kappa shape index (κ3) is 2.88. The van der Waals surface area contributed by atoms with Crippen molar-refractivity contribution in [3.05, 3.63) is 54.6 Å². The maximum absolute atomic E-state index is 5.44. The first-order valence-electron chi connectivity index (χ1n) is 8.10. The quantitative estimate of drug-likeness (QED) is 0.531. The smallest absolute Gasteiger partial charge is 0.249 e. The van der Waals surface area contributed by atoms with Crippen molar-refractivity contribution in [2.75, 3.05) is 7.11 Å². The van der Waals surface area contributed by atoms with Crippen LogP contribution in [0.5, 0.6) is 5.75 Å². The predicted molar refractivity (Wildman–Crippen MR) is 98.2 cm³/mol. The average Bonchev–Trinajstić information content (AvgIpc) is 3.40. The molecule has 3 heterocycles. The molecule has 0 radical (unpaired) electrons. The number of imidazole rings is 1. The maximum Gasteiger partial charge on any atom is 0.249 e. The molecule has 1 aromatic carbocycles. The van der Waals surface area contributed by atoms with Crippen LogP contribution in [0.3, 0.4) is 0 Å². The van der Waals surface area contributed by atoms with Crippen LogP contribution in [0, 0.1) is 6.92 Å². The van der Waals surface area contributed by atoms with Gasteiger partial charge < -0.3 is 13.8 Å². The van der Waals surface area contributed by atoms with E-state index in [1.807, 2.05) is 48.1 Å². The molecule has 0 saturated heterocycles. The summed E-state index contributed by atoms with van der Waals surface area (Å²) in [6.45, 7) is 3.80. The van der Waals surface area contributed by atoms with Crippen LogP contribution in [-0.2, 0) is 0 Å². The van der Waals surface area contributed by atoms with Gasteiger partial charge in [-0.1, -0.05) is 17.3 Å². The largest absolute Gasteiger partial charge is 0.496 e. The lowest BCUT2D eigenvalue weighted by molar-refractivity contribution is 0.344. The van der Waals surface area contributed by atoms with Crippen molar-refractivity contribution in [3.8, 4) is 27.0 Å². The van der Waals surface area contributed by atoms with Crippen molar-refractivity contribution in [2.45, 2.75) is 19.9 Å². The minimum atomic E-state index is -0.120. The third-order valence-corrected chi connectivity index (χ3v) is 5.08. The van der Waals surface area contributed by atoms with Crippen molar-refractivity contribution in [1.82, 2.24) is 24.7 Å². The van der Waals surface area contributed by atoms with Crippen molar-refractivity contribution >= 4 is 11.3 Å². The molecule has 4 aromatic rings. The summed E-state index contributed by atoms with van der Waals surface area (Å²) in [6.07, 6.45) is 5.50. The Morgan fingerprint density at radius 2 is 2.08 bits per heavy atom. The monoisotopic (exact) mass is 367 g/mol. The van der Waals surface area contributed by atoms with E-state index < -0.39 is 0 Å². The molecular formula is C18H17N5O2S. The van der Waals surface area contributed by atoms with E-state index in [4.69, 9.17) is 9.26 Å². The van der Waals surface area contributed by atoms with E-state index in [1.165, 1.54) is 0 Å². The minimum absolute atomic E-state index is 0.120. The van der Waals surface area contributed by atoms with Gasteiger partial charge in [-0.25, -0.2) is 9.97 Å². The second kappa shape index (κ2) is 6.72. The molecule has 1 atom stereocenters. The Morgan fingerprint density at radius 1 is 1.23 bits per heavy atom. The summed E-state index contributed by atoms with van der Waals surface area (Å²) < 4.78 is 12.8. The fraction of sp³-hybridized carbons (Fsp3) is 0.222. The van der Waals surface area contributed by atoms with Crippen LogP contribution in [0.15, 0.2) is 47.4 Å². The molecule has 0 aliphatic carbocycles. The summed E-state index contributed by atoms with van der Waals surface area (Å²) in [5.41, 5.74) is 0.963. The maximum atomic E-state index is 5.44. The van der Waals surface area contributed by atoms with Crippen LogP contribution >= 0.6 is 11.3 Å². The zero-order valence-electron chi connectivity index (χ0n) is 14.6. The van der Waals surface area contributed by atoms with Gasteiger partial charge in [0.1, 0.15) is 16.8 Å². The molecule has 0 spiro atoms. The van der Waals surface area contributed by atoms with Crippen LogP contribution in [0.2, 0.25) is 0 Å². The number of aromatic nitrogens is 5. The minimum Gasteiger partial charge on any atom is -0.496 e. The molecule has 4 rings (SSSR count). The summed E-state index contributed by atoms with van der Waals surface area (Å²) in [7, 11) is 1.66. The molecule has 0 N–H and O–H groups in total.